The van der Waals surface area contributed by atoms with Crippen LogP contribution in [-0.2, 0) is 11.3 Å². The van der Waals surface area contributed by atoms with Crippen LogP contribution < -0.4 is 0 Å². The van der Waals surface area contributed by atoms with Gasteiger partial charge in [0.2, 0.25) is 0 Å². The van der Waals surface area contributed by atoms with Gasteiger partial charge in [-0.1, -0.05) is 0 Å². The summed E-state index contributed by atoms with van der Waals surface area (Å²) in [6.45, 7) is 4.50. The summed E-state index contributed by atoms with van der Waals surface area (Å²) in [6.07, 6.45) is 0. The number of benzene rings is 1. The fourth-order valence-corrected chi connectivity index (χ4v) is 1.99. The SMILES string of the molecule is CCn1nc(C)cc1-c1cc(F)cc(C(=O)OC)c1. The lowest BCUT2D eigenvalue weighted by Gasteiger charge is -2.07. The van der Waals surface area contributed by atoms with Crippen LogP contribution in [0.2, 0.25) is 0 Å². The van der Waals surface area contributed by atoms with E-state index in [-0.39, 0.29) is 5.56 Å². The van der Waals surface area contributed by atoms with E-state index in [1.165, 1.54) is 13.2 Å². The Morgan fingerprint density at radius 1 is 1.37 bits per heavy atom. The number of halogens is 1. The number of rotatable bonds is 3. The largest absolute Gasteiger partial charge is 0.465 e. The van der Waals surface area contributed by atoms with Crippen molar-refractivity contribution in [2.45, 2.75) is 20.4 Å². The second-order valence-corrected chi connectivity index (χ2v) is 4.21. The zero-order valence-corrected chi connectivity index (χ0v) is 11.1. The first-order chi connectivity index (χ1) is 9.05. The van der Waals surface area contributed by atoms with E-state index < -0.39 is 11.8 Å². The van der Waals surface area contributed by atoms with Crippen LogP contribution in [0.5, 0.6) is 0 Å². The molecule has 0 saturated heterocycles. The molecule has 0 amide bonds. The van der Waals surface area contributed by atoms with Crippen LogP contribution in [0.1, 0.15) is 23.0 Å². The lowest BCUT2D eigenvalue weighted by Crippen LogP contribution is -2.04. The average Bonchev–Trinajstić information content (AvgIpc) is 2.78. The maximum absolute atomic E-state index is 13.6. The lowest BCUT2D eigenvalue weighted by atomic mass is 10.1. The second kappa shape index (κ2) is 5.22. The molecule has 0 atom stereocenters. The first-order valence-electron chi connectivity index (χ1n) is 5.99. The molecule has 0 aliphatic rings. The number of nitrogens with zero attached hydrogens (tertiary/aromatic N) is 2. The summed E-state index contributed by atoms with van der Waals surface area (Å²) >= 11 is 0. The third-order valence-electron chi connectivity index (χ3n) is 2.82. The van der Waals surface area contributed by atoms with E-state index in [2.05, 4.69) is 9.84 Å². The van der Waals surface area contributed by atoms with Gasteiger partial charge >= 0.3 is 5.97 Å². The van der Waals surface area contributed by atoms with Crippen molar-refractivity contribution in [3.05, 3.63) is 41.3 Å². The van der Waals surface area contributed by atoms with Gasteiger partial charge < -0.3 is 4.74 Å². The summed E-state index contributed by atoms with van der Waals surface area (Å²) in [4.78, 5) is 11.5. The van der Waals surface area contributed by atoms with Crippen LogP contribution in [-0.4, -0.2) is 22.9 Å². The Bertz CT molecular complexity index is 620. The highest BCUT2D eigenvalue weighted by atomic mass is 19.1. The maximum Gasteiger partial charge on any atom is 0.337 e. The van der Waals surface area contributed by atoms with Gasteiger partial charge in [-0.2, -0.15) is 5.10 Å². The Morgan fingerprint density at radius 2 is 2.11 bits per heavy atom. The number of aromatic nitrogens is 2. The van der Waals surface area contributed by atoms with Crippen LogP contribution in [0.25, 0.3) is 11.3 Å². The first-order valence-corrected chi connectivity index (χ1v) is 5.99. The lowest BCUT2D eigenvalue weighted by molar-refractivity contribution is 0.0600. The molecule has 100 valence electrons. The molecule has 0 fully saturated rings. The maximum atomic E-state index is 13.6. The van der Waals surface area contributed by atoms with E-state index in [9.17, 15) is 9.18 Å². The molecule has 0 aliphatic carbocycles. The Balaban J connectivity index is 2.55. The Hall–Kier alpha value is -2.17. The van der Waals surface area contributed by atoms with Gasteiger partial charge in [0.25, 0.3) is 0 Å². The molecule has 1 aromatic carbocycles. The van der Waals surface area contributed by atoms with Gasteiger partial charge in [0, 0.05) is 12.1 Å². The zero-order valence-electron chi connectivity index (χ0n) is 11.1. The van der Waals surface area contributed by atoms with Crippen molar-refractivity contribution in [1.29, 1.82) is 0 Å². The summed E-state index contributed by atoms with van der Waals surface area (Å²) in [5.41, 5.74) is 2.44. The van der Waals surface area contributed by atoms with Crippen molar-refractivity contribution in [2.75, 3.05) is 7.11 Å². The molecule has 0 unspecified atom stereocenters. The standard InChI is InChI=1S/C14H15FN2O2/c1-4-17-13(5-9(2)16-17)10-6-11(14(18)19-3)8-12(15)7-10/h5-8H,4H2,1-3H3. The molecule has 0 spiro atoms. The fraction of sp³-hybridized carbons (Fsp3) is 0.286. The number of aryl methyl sites for hydroxylation is 2. The molecule has 0 N–H and O–H groups in total. The number of hydrogen-bond acceptors (Lipinski definition) is 3. The van der Waals surface area contributed by atoms with Crippen molar-refractivity contribution in [2.24, 2.45) is 0 Å². The summed E-state index contributed by atoms with van der Waals surface area (Å²) < 4.78 is 20.0. The van der Waals surface area contributed by atoms with Gasteiger partial charge in [-0.25, -0.2) is 9.18 Å². The molecule has 4 nitrogen and oxygen atoms in total. The van der Waals surface area contributed by atoms with Crippen molar-refractivity contribution < 1.29 is 13.9 Å². The number of methoxy groups -OCH3 is 1. The summed E-state index contributed by atoms with van der Waals surface area (Å²) in [7, 11) is 1.27. The summed E-state index contributed by atoms with van der Waals surface area (Å²) in [5.74, 6) is -1.03. The first kappa shape index (κ1) is 13.3. The molecule has 5 heteroatoms. The van der Waals surface area contributed by atoms with Crippen LogP contribution >= 0.6 is 0 Å². The quantitative estimate of drug-likeness (QED) is 0.799. The number of ether oxygens (including phenoxy) is 1. The minimum absolute atomic E-state index is 0.194. The van der Waals surface area contributed by atoms with Gasteiger partial charge in [0.1, 0.15) is 5.82 Å². The van der Waals surface area contributed by atoms with Crippen molar-refractivity contribution in [3.8, 4) is 11.3 Å². The van der Waals surface area contributed by atoms with Gasteiger partial charge in [-0.05, 0) is 38.1 Å². The molecular formula is C14H15FN2O2. The molecule has 0 saturated carbocycles. The monoisotopic (exact) mass is 262 g/mol. The molecule has 2 aromatic rings. The molecule has 1 aromatic heterocycles. The van der Waals surface area contributed by atoms with E-state index in [0.29, 0.717) is 12.1 Å². The van der Waals surface area contributed by atoms with Crippen LogP contribution in [0, 0.1) is 12.7 Å². The predicted octanol–water partition coefficient (Wildman–Crippen LogP) is 2.80. The minimum atomic E-state index is -0.556. The van der Waals surface area contributed by atoms with Crippen LogP contribution in [0.3, 0.4) is 0 Å². The number of hydrogen-bond donors (Lipinski definition) is 0. The van der Waals surface area contributed by atoms with Gasteiger partial charge in [0.15, 0.2) is 0 Å². The van der Waals surface area contributed by atoms with Gasteiger partial charge in [-0.3, -0.25) is 4.68 Å². The molecule has 0 aliphatic heterocycles. The normalized spacial score (nSPS) is 10.5. The Labute approximate surface area is 110 Å². The van der Waals surface area contributed by atoms with Crippen molar-refractivity contribution in [1.82, 2.24) is 9.78 Å². The van der Waals surface area contributed by atoms with E-state index in [1.54, 1.807) is 10.7 Å². The van der Waals surface area contributed by atoms with Crippen molar-refractivity contribution in [3.63, 3.8) is 0 Å². The third-order valence-corrected chi connectivity index (χ3v) is 2.82. The molecule has 19 heavy (non-hydrogen) atoms. The molecule has 0 radical (unpaired) electrons. The average molecular weight is 262 g/mol. The third kappa shape index (κ3) is 2.65. The molecule has 1 heterocycles. The topological polar surface area (TPSA) is 44.1 Å². The highest BCUT2D eigenvalue weighted by molar-refractivity contribution is 5.90. The fourth-order valence-electron chi connectivity index (χ4n) is 1.99. The van der Waals surface area contributed by atoms with Crippen LogP contribution in [0.15, 0.2) is 24.3 Å². The smallest absolute Gasteiger partial charge is 0.337 e. The minimum Gasteiger partial charge on any atom is -0.465 e. The predicted molar refractivity (Wildman–Crippen MR) is 69.4 cm³/mol. The van der Waals surface area contributed by atoms with Gasteiger partial charge in [-0.15, -0.1) is 0 Å². The molecule has 0 bridgehead atoms. The highest BCUT2D eigenvalue weighted by Crippen LogP contribution is 2.23. The molecular weight excluding hydrogens is 247 g/mol. The van der Waals surface area contributed by atoms with E-state index >= 15 is 0 Å². The summed E-state index contributed by atoms with van der Waals surface area (Å²) in [5, 5.41) is 4.31. The number of carbonyl (C=O) groups is 1. The van der Waals surface area contributed by atoms with E-state index in [1.807, 2.05) is 19.9 Å². The molecule has 2 rings (SSSR count). The zero-order chi connectivity index (χ0) is 14.0. The van der Waals surface area contributed by atoms with E-state index in [4.69, 9.17) is 0 Å². The van der Waals surface area contributed by atoms with Gasteiger partial charge in [0.05, 0.1) is 24.1 Å². The van der Waals surface area contributed by atoms with E-state index in [0.717, 1.165) is 17.5 Å². The summed E-state index contributed by atoms with van der Waals surface area (Å²) in [6, 6.07) is 6.01. The number of carbonyl (C=O) groups excluding carboxylic acids is 1. The Kier molecular flexibility index (Phi) is 3.64. The van der Waals surface area contributed by atoms with Crippen molar-refractivity contribution >= 4 is 5.97 Å². The number of esters is 1. The van der Waals surface area contributed by atoms with Crippen LogP contribution in [0.4, 0.5) is 4.39 Å². The Morgan fingerprint density at radius 3 is 2.74 bits per heavy atom. The highest BCUT2D eigenvalue weighted by Gasteiger charge is 2.13. The second-order valence-electron chi connectivity index (χ2n) is 4.21.